The van der Waals surface area contributed by atoms with Crippen molar-refractivity contribution in [2.24, 2.45) is 5.10 Å². The molecule has 1 aliphatic rings. The van der Waals surface area contributed by atoms with Crippen LogP contribution in [-0.2, 0) is 6.42 Å². The largest absolute Gasteiger partial charge is 0.455 e. The second-order valence-corrected chi connectivity index (χ2v) is 8.36. The number of para-hydroxylation sites is 1. The minimum absolute atomic E-state index is 0.101. The number of nitrogens with one attached hydrogen (secondary N) is 2. The number of furan rings is 1. The quantitative estimate of drug-likeness (QED) is 0.310. The molecule has 1 aliphatic carbocycles. The zero-order chi connectivity index (χ0) is 25.2. The molecule has 0 atom stereocenters. The number of hydrogen-bond acceptors (Lipinski definition) is 7. The number of amides is 2. The molecule has 10 heteroatoms. The first-order chi connectivity index (χ1) is 17.4. The number of benzene rings is 2. The number of fused-ring (bicyclic) bond motifs is 2. The minimum Gasteiger partial charge on any atom is -0.455 e. The van der Waals surface area contributed by atoms with E-state index in [0.29, 0.717) is 41.0 Å². The molecule has 2 N–H and O–H groups in total. The summed E-state index contributed by atoms with van der Waals surface area (Å²) < 4.78 is 5.87. The maximum atomic E-state index is 12.9. The second-order valence-electron chi connectivity index (χ2n) is 8.36. The number of non-ortho nitro benzene ring substituents is 1. The first-order valence-corrected chi connectivity index (χ1v) is 11.3. The lowest BCUT2D eigenvalue weighted by molar-refractivity contribution is -0.384. The highest BCUT2D eigenvalue weighted by Crippen LogP contribution is 2.30. The van der Waals surface area contributed by atoms with Crippen LogP contribution in [0.2, 0.25) is 0 Å². The molecule has 180 valence electrons. The van der Waals surface area contributed by atoms with E-state index in [2.05, 4.69) is 20.8 Å². The average Bonchev–Trinajstić information content (AvgIpc) is 3.24. The van der Waals surface area contributed by atoms with E-state index in [1.807, 2.05) is 30.3 Å². The van der Waals surface area contributed by atoms with Crippen LogP contribution < -0.4 is 10.7 Å². The zero-order valence-corrected chi connectivity index (χ0v) is 19.3. The summed E-state index contributed by atoms with van der Waals surface area (Å²) in [7, 11) is 0. The van der Waals surface area contributed by atoms with Crippen molar-refractivity contribution < 1.29 is 18.9 Å². The van der Waals surface area contributed by atoms with E-state index >= 15 is 0 Å². The van der Waals surface area contributed by atoms with Gasteiger partial charge in [-0.05, 0) is 38.0 Å². The summed E-state index contributed by atoms with van der Waals surface area (Å²) in [5, 5.41) is 18.9. The van der Waals surface area contributed by atoms with E-state index in [-0.39, 0.29) is 22.8 Å². The normalized spacial score (nSPS) is 13.9. The summed E-state index contributed by atoms with van der Waals surface area (Å²) in [4.78, 5) is 40.5. The van der Waals surface area contributed by atoms with Crippen molar-refractivity contribution in [3.8, 4) is 0 Å². The van der Waals surface area contributed by atoms with E-state index in [9.17, 15) is 19.7 Å². The zero-order valence-electron chi connectivity index (χ0n) is 19.3. The van der Waals surface area contributed by atoms with Crippen molar-refractivity contribution in [3.05, 3.63) is 99.1 Å². The highest BCUT2D eigenvalue weighted by molar-refractivity contribution is 6.09. The third-order valence-corrected chi connectivity index (χ3v) is 5.97. The van der Waals surface area contributed by atoms with Gasteiger partial charge < -0.3 is 9.73 Å². The predicted molar refractivity (Wildman–Crippen MR) is 133 cm³/mol. The Kier molecular flexibility index (Phi) is 5.99. The van der Waals surface area contributed by atoms with Crippen molar-refractivity contribution in [1.82, 2.24) is 10.4 Å². The molecule has 4 aromatic rings. The van der Waals surface area contributed by atoms with Gasteiger partial charge in [0.05, 0.1) is 16.2 Å². The van der Waals surface area contributed by atoms with Crippen LogP contribution in [0.3, 0.4) is 0 Å². The van der Waals surface area contributed by atoms with Gasteiger partial charge in [-0.3, -0.25) is 19.7 Å². The monoisotopic (exact) mass is 483 g/mol. The van der Waals surface area contributed by atoms with Crippen LogP contribution in [0.5, 0.6) is 0 Å². The van der Waals surface area contributed by atoms with Crippen molar-refractivity contribution in [3.63, 3.8) is 0 Å². The number of aromatic nitrogens is 1. The lowest BCUT2D eigenvalue weighted by Crippen LogP contribution is -2.23. The van der Waals surface area contributed by atoms with Crippen LogP contribution >= 0.6 is 0 Å². The van der Waals surface area contributed by atoms with E-state index in [0.717, 1.165) is 11.8 Å². The van der Waals surface area contributed by atoms with Gasteiger partial charge in [-0.25, -0.2) is 10.4 Å². The maximum absolute atomic E-state index is 12.9. The van der Waals surface area contributed by atoms with Gasteiger partial charge in [-0.1, -0.05) is 30.3 Å². The van der Waals surface area contributed by atoms with E-state index in [1.165, 1.54) is 18.2 Å². The number of carbonyl (C=O) groups is 2. The Morgan fingerprint density at radius 2 is 1.89 bits per heavy atom. The second kappa shape index (κ2) is 9.41. The minimum atomic E-state index is -0.531. The number of carbonyl (C=O) groups excluding carboxylic acids is 2. The molecular formula is C26H21N5O5. The Bertz CT molecular complexity index is 1560. The lowest BCUT2D eigenvalue weighted by Gasteiger charge is -2.13. The third kappa shape index (κ3) is 4.43. The summed E-state index contributed by atoms with van der Waals surface area (Å²) in [6.45, 7) is 1.75. The first kappa shape index (κ1) is 22.9. The van der Waals surface area contributed by atoms with Gasteiger partial charge in [0.1, 0.15) is 11.5 Å². The van der Waals surface area contributed by atoms with Crippen molar-refractivity contribution in [1.29, 1.82) is 0 Å². The predicted octanol–water partition coefficient (Wildman–Crippen LogP) is 4.77. The van der Waals surface area contributed by atoms with Gasteiger partial charge in [-0.2, -0.15) is 5.10 Å². The van der Waals surface area contributed by atoms with Crippen LogP contribution in [0, 0.1) is 17.0 Å². The summed E-state index contributed by atoms with van der Waals surface area (Å²) in [6.07, 6.45) is 1.97. The average molecular weight is 483 g/mol. The molecule has 0 radical (unpaired) electrons. The standard InChI is InChI=1S/C26H21N5O5/c1-15-23-20(29-30-25(32)21-13-12-16-6-2-3-9-19(16)28-21)10-5-11-22(23)36-24(15)26(33)27-17-7-4-8-18(14-17)31(34)35/h2-4,6-9,12-14H,5,10-11H2,1H3,(H,27,33)(H,30,32)/b29-20+. The number of hydrazone groups is 1. The van der Waals surface area contributed by atoms with Crippen molar-refractivity contribution in [2.45, 2.75) is 26.2 Å². The van der Waals surface area contributed by atoms with Crippen LogP contribution in [0.25, 0.3) is 10.9 Å². The van der Waals surface area contributed by atoms with E-state index < -0.39 is 16.7 Å². The third-order valence-electron chi connectivity index (χ3n) is 5.97. The molecular weight excluding hydrogens is 462 g/mol. The number of anilines is 1. The fourth-order valence-corrected chi connectivity index (χ4v) is 4.25. The smallest absolute Gasteiger partial charge is 0.291 e. The summed E-state index contributed by atoms with van der Waals surface area (Å²) in [5.74, 6) is -0.250. The van der Waals surface area contributed by atoms with E-state index in [1.54, 1.807) is 19.1 Å². The highest BCUT2D eigenvalue weighted by atomic mass is 16.6. The summed E-state index contributed by atoms with van der Waals surface area (Å²) >= 11 is 0. The molecule has 0 bridgehead atoms. The molecule has 0 saturated heterocycles. The number of aryl methyl sites for hydroxylation is 1. The molecule has 5 rings (SSSR count). The summed E-state index contributed by atoms with van der Waals surface area (Å²) in [6, 6.07) is 16.7. The van der Waals surface area contributed by atoms with Gasteiger partial charge >= 0.3 is 0 Å². The number of nitro groups is 1. The number of pyridine rings is 1. The van der Waals surface area contributed by atoms with Crippen LogP contribution in [-0.4, -0.2) is 27.4 Å². The van der Waals surface area contributed by atoms with E-state index in [4.69, 9.17) is 4.42 Å². The van der Waals surface area contributed by atoms with Crippen LogP contribution in [0.15, 0.2) is 70.2 Å². The molecule has 2 heterocycles. The van der Waals surface area contributed by atoms with Gasteiger partial charge in [0.2, 0.25) is 0 Å². The molecule has 2 aromatic heterocycles. The Morgan fingerprint density at radius 3 is 2.72 bits per heavy atom. The van der Waals surface area contributed by atoms with Crippen LogP contribution in [0.4, 0.5) is 11.4 Å². The molecule has 0 aliphatic heterocycles. The molecule has 2 amide bonds. The fraction of sp³-hybridized carbons (Fsp3) is 0.154. The molecule has 0 spiro atoms. The Morgan fingerprint density at radius 1 is 1.06 bits per heavy atom. The first-order valence-electron chi connectivity index (χ1n) is 11.3. The molecule has 0 unspecified atom stereocenters. The number of nitro benzene ring substituents is 1. The van der Waals surface area contributed by atoms with Crippen LogP contribution in [0.1, 0.15) is 50.8 Å². The molecule has 2 aromatic carbocycles. The molecule has 36 heavy (non-hydrogen) atoms. The Hall–Kier alpha value is -4.86. The van der Waals surface area contributed by atoms with Crippen molar-refractivity contribution in [2.75, 3.05) is 5.32 Å². The fourth-order valence-electron chi connectivity index (χ4n) is 4.25. The summed E-state index contributed by atoms with van der Waals surface area (Å²) in [5.41, 5.74) is 5.58. The van der Waals surface area contributed by atoms with Gasteiger partial charge in [0.25, 0.3) is 17.5 Å². The lowest BCUT2D eigenvalue weighted by atomic mass is 9.93. The van der Waals surface area contributed by atoms with Gasteiger partial charge in [0.15, 0.2) is 5.76 Å². The SMILES string of the molecule is Cc1c(C(=O)Nc2cccc([N+](=O)[O-])c2)oc2c1/C(=N/NC(=O)c1ccc3ccccc3n1)CCC2. The van der Waals surface area contributed by atoms with Crippen molar-refractivity contribution >= 4 is 39.8 Å². The number of hydrogen-bond donors (Lipinski definition) is 2. The molecule has 10 nitrogen and oxygen atoms in total. The number of nitrogens with zero attached hydrogens (tertiary/aromatic N) is 3. The Labute approximate surface area is 205 Å². The molecule has 0 saturated carbocycles. The highest BCUT2D eigenvalue weighted by Gasteiger charge is 2.28. The Balaban J connectivity index is 1.37. The van der Waals surface area contributed by atoms with Gasteiger partial charge in [-0.15, -0.1) is 0 Å². The topological polar surface area (TPSA) is 140 Å². The maximum Gasteiger partial charge on any atom is 0.291 e. The number of rotatable bonds is 5. The van der Waals surface area contributed by atoms with Gasteiger partial charge in [0, 0.05) is 40.8 Å². The molecule has 0 fully saturated rings.